The topological polar surface area (TPSA) is 63.8 Å². The third-order valence-corrected chi connectivity index (χ3v) is 3.75. The van der Waals surface area contributed by atoms with Crippen molar-refractivity contribution in [3.05, 3.63) is 22.9 Å². The van der Waals surface area contributed by atoms with E-state index in [0.717, 1.165) is 31.6 Å². The second-order valence-electron chi connectivity index (χ2n) is 4.75. The zero-order valence-corrected chi connectivity index (χ0v) is 9.20. The maximum atomic E-state index is 11.6. The second kappa shape index (κ2) is 3.85. The van der Waals surface area contributed by atoms with Gasteiger partial charge >= 0.3 is 5.69 Å². The lowest BCUT2D eigenvalue weighted by Crippen LogP contribution is -2.47. The van der Waals surface area contributed by atoms with Gasteiger partial charge in [0.15, 0.2) is 0 Å². The van der Waals surface area contributed by atoms with Crippen LogP contribution in [0.15, 0.2) is 17.2 Å². The lowest BCUT2D eigenvalue weighted by Gasteiger charge is -2.39. The first-order valence-corrected chi connectivity index (χ1v) is 5.64. The molecule has 4 heteroatoms. The van der Waals surface area contributed by atoms with Crippen molar-refractivity contribution in [3.63, 3.8) is 0 Å². The normalized spacial score (nSPS) is 31.7. The van der Waals surface area contributed by atoms with E-state index in [1.807, 2.05) is 6.20 Å². The summed E-state index contributed by atoms with van der Waals surface area (Å²) in [7, 11) is 0. The molecule has 0 aliphatic heterocycles. The molecule has 0 radical (unpaired) electrons. The highest BCUT2D eigenvalue weighted by Crippen LogP contribution is 2.35. The van der Waals surface area contributed by atoms with Gasteiger partial charge in [0, 0.05) is 18.9 Å². The predicted octanol–water partition coefficient (Wildman–Crippen LogP) is 1.04. The molecule has 0 unspecified atom stereocenters. The third kappa shape index (κ3) is 1.74. The number of H-pyrrole nitrogens is 1. The van der Waals surface area contributed by atoms with E-state index in [-0.39, 0.29) is 11.2 Å². The van der Waals surface area contributed by atoms with E-state index in [0.29, 0.717) is 6.54 Å². The Morgan fingerprint density at radius 3 is 2.73 bits per heavy atom. The Balaban J connectivity index is 2.30. The van der Waals surface area contributed by atoms with Gasteiger partial charge in [-0.3, -0.25) is 4.57 Å². The maximum Gasteiger partial charge on any atom is 0.326 e. The van der Waals surface area contributed by atoms with E-state index >= 15 is 0 Å². The number of hydrogen-bond acceptors (Lipinski definition) is 2. The Hall–Kier alpha value is -1.03. The average Bonchev–Trinajstić information content (AvgIpc) is 2.67. The number of nitrogens with one attached hydrogen (secondary N) is 1. The standard InChI is InChI=1S/C11H19N3O/c1-9-2-4-11(8-12,5-3-9)14-7-6-13-10(14)15/h6-7,9H,2-5,8,12H2,1H3,(H,13,15). The molecule has 4 nitrogen and oxygen atoms in total. The molecule has 1 aromatic rings. The van der Waals surface area contributed by atoms with Gasteiger partial charge in [-0.2, -0.15) is 0 Å². The SMILES string of the molecule is CC1CCC(CN)(n2cc[nH]c2=O)CC1. The minimum absolute atomic E-state index is 0.0324. The first kappa shape index (κ1) is 10.5. The summed E-state index contributed by atoms with van der Waals surface area (Å²) < 4.78 is 1.79. The van der Waals surface area contributed by atoms with Crippen molar-refractivity contribution < 1.29 is 0 Å². The molecule has 1 aliphatic rings. The number of aromatic nitrogens is 2. The molecular weight excluding hydrogens is 190 g/mol. The van der Waals surface area contributed by atoms with Crippen LogP contribution in [0.1, 0.15) is 32.6 Å². The summed E-state index contributed by atoms with van der Waals surface area (Å²) >= 11 is 0. The van der Waals surface area contributed by atoms with Crippen LogP contribution in [0.2, 0.25) is 0 Å². The lowest BCUT2D eigenvalue weighted by molar-refractivity contribution is 0.165. The Morgan fingerprint density at radius 2 is 2.27 bits per heavy atom. The minimum atomic E-state index is -0.135. The van der Waals surface area contributed by atoms with Gasteiger partial charge in [-0.1, -0.05) is 6.92 Å². The quantitative estimate of drug-likeness (QED) is 0.764. The van der Waals surface area contributed by atoms with E-state index in [1.54, 1.807) is 10.8 Å². The maximum absolute atomic E-state index is 11.6. The summed E-state index contributed by atoms with van der Waals surface area (Å²) in [4.78, 5) is 14.3. The molecule has 1 saturated carbocycles. The fourth-order valence-corrected chi connectivity index (χ4v) is 2.54. The molecule has 0 atom stereocenters. The fraction of sp³-hybridized carbons (Fsp3) is 0.727. The Labute approximate surface area is 89.5 Å². The highest BCUT2D eigenvalue weighted by Gasteiger charge is 2.35. The van der Waals surface area contributed by atoms with Gasteiger partial charge in [-0.25, -0.2) is 4.79 Å². The van der Waals surface area contributed by atoms with E-state index in [4.69, 9.17) is 5.73 Å². The lowest BCUT2D eigenvalue weighted by atomic mass is 9.77. The highest BCUT2D eigenvalue weighted by molar-refractivity contribution is 4.96. The van der Waals surface area contributed by atoms with Crippen molar-refractivity contribution in [1.29, 1.82) is 0 Å². The number of aromatic amines is 1. The first-order valence-electron chi connectivity index (χ1n) is 5.64. The molecule has 3 N–H and O–H groups in total. The van der Waals surface area contributed by atoms with Crippen molar-refractivity contribution >= 4 is 0 Å². The van der Waals surface area contributed by atoms with Crippen LogP contribution in [-0.4, -0.2) is 16.1 Å². The van der Waals surface area contributed by atoms with Gasteiger partial charge in [0.2, 0.25) is 0 Å². The summed E-state index contributed by atoms with van der Waals surface area (Å²) in [6, 6.07) is 0. The summed E-state index contributed by atoms with van der Waals surface area (Å²) in [6.07, 6.45) is 7.87. The molecule has 15 heavy (non-hydrogen) atoms. The zero-order valence-electron chi connectivity index (χ0n) is 9.20. The van der Waals surface area contributed by atoms with Crippen LogP contribution >= 0.6 is 0 Å². The molecule has 1 aromatic heterocycles. The molecule has 0 amide bonds. The molecule has 1 heterocycles. The van der Waals surface area contributed by atoms with Crippen molar-refractivity contribution in [2.24, 2.45) is 11.7 Å². The third-order valence-electron chi connectivity index (χ3n) is 3.75. The van der Waals surface area contributed by atoms with Gasteiger partial charge in [-0.05, 0) is 31.6 Å². The summed E-state index contributed by atoms with van der Waals surface area (Å²) in [5, 5.41) is 0. The summed E-state index contributed by atoms with van der Waals surface area (Å²) in [5.74, 6) is 0.763. The molecule has 0 bridgehead atoms. The van der Waals surface area contributed by atoms with Gasteiger partial charge < -0.3 is 10.7 Å². The molecule has 0 spiro atoms. The molecular formula is C11H19N3O. The Morgan fingerprint density at radius 1 is 1.60 bits per heavy atom. The van der Waals surface area contributed by atoms with E-state index < -0.39 is 0 Å². The number of hydrogen-bond donors (Lipinski definition) is 2. The van der Waals surface area contributed by atoms with Crippen LogP contribution in [0.25, 0.3) is 0 Å². The average molecular weight is 209 g/mol. The van der Waals surface area contributed by atoms with Crippen LogP contribution in [0.5, 0.6) is 0 Å². The molecule has 0 saturated heterocycles. The molecule has 1 aliphatic carbocycles. The Bertz CT molecular complexity index is 371. The van der Waals surface area contributed by atoms with E-state index in [9.17, 15) is 4.79 Å². The van der Waals surface area contributed by atoms with Crippen LogP contribution < -0.4 is 11.4 Å². The molecule has 0 aromatic carbocycles. The van der Waals surface area contributed by atoms with Crippen LogP contribution in [-0.2, 0) is 5.54 Å². The number of imidazole rings is 1. The minimum Gasteiger partial charge on any atom is -0.328 e. The van der Waals surface area contributed by atoms with E-state index in [2.05, 4.69) is 11.9 Å². The second-order valence-corrected chi connectivity index (χ2v) is 4.75. The molecule has 2 rings (SSSR count). The van der Waals surface area contributed by atoms with Crippen molar-refractivity contribution in [2.75, 3.05) is 6.54 Å². The van der Waals surface area contributed by atoms with Crippen LogP contribution in [0, 0.1) is 5.92 Å². The van der Waals surface area contributed by atoms with Crippen molar-refractivity contribution in [3.8, 4) is 0 Å². The van der Waals surface area contributed by atoms with Gasteiger partial charge in [0.1, 0.15) is 0 Å². The highest BCUT2D eigenvalue weighted by atomic mass is 16.1. The van der Waals surface area contributed by atoms with Crippen LogP contribution in [0.3, 0.4) is 0 Å². The first-order chi connectivity index (χ1) is 7.18. The number of nitrogens with zero attached hydrogens (tertiary/aromatic N) is 1. The molecule has 84 valence electrons. The smallest absolute Gasteiger partial charge is 0.326 e. The fourth-order valence-electron chi connectivity index (χ4n) is 2.54. The number of nitrogens with two attached hydrogens (primary N) is 1. The summed E-state index contributed by atoms with van der Waals surface area (Å²) in [5.41, 5.74) is 5.70. The zero-order chi connectivity index (χ0) is 10.9. The van der Waals surface area contributed by atoms with Gasteiger partial charge in [-0.15, -0.1) is 0 Å². The largest absolute Gasteiger partial charge is 0.328 e. The van der Waals surface area contributed by atoms with Crippen LogP contribution in [0.4, 0.5) is 0 Å². The predicted molar refractivity (Wildman–Crippen MR) is 59.7 cm³/mol. The van der Waals surface area contributed by atoms with Crippen molar-refractivity contribution in [1.82, 2.24) is 9.55 Å². The van der Waals surface area contributed by atoms with Crippen molar-refractivity contribution in [2.45, 2.75) is 38.1 Å². The van der Waals surface area contributed by atoms with Gasteiger partial charge in [0.25, 0.3) is 0 Å². The molecule has 1 fully saturated rings. The summed E-state index contributed by atoms with van der Waals surface area (Å²) in [6.45, 7) is 2.82. The Kier molecular flexibility index (Phi) is 2.69. The monoisotopic (exact) mass is 209 g/mol. The van der Waals surface area contributed by atoms with Gasteiger partial charge in [0.05, 0.1) is 5.54 Å². The van der Waals surface area contributed by atoms with E-state index in [1.165, 1.54) is 0 Å². The number of rotatable bonds is 2.